The largest absolute Gasteiger partial charge is 0.362 e. The molecule has 1 aromatic carbocycles. The highest BCUT2D eigenvalue weighted by Gasteiger charge is 2.41. The number of nitrogens with one attached hydrogen (secondary N) is 2. The van der Waals surface area contributed by atoms with Crippen LogP contribution in [0.25, 0.3) is 0 Å². The van der Waals surface area contributed by atoms with Crippen molar-refractivity contribution >= 4 is 34.7 Å². The average molecular weight is 421 g/mol. The van der Waals surface area contributed by atoms with E-state index < -0.39 is 5.41 Å². The third-order valence-electron chi connectivity index (χ3n) is 6.35. The molecule has 1 aliphatic heterocycles. The van der Waals surface area contributed by atoms with E-state index in [1.54, 1.807) is 17.3 Å². The van der Waals surface area contributed by atoms with E-state index in [1.165, 1.54) is 12.8 Å². The maximum atomic E-state index is 13.1. The van der Waals surface area contributed by atoms with Crippen LogP contribution in [0.1, 0.15) is 45.1 Å². The Hall–Kier alpha value is -3.09. The molecule has 0 spiro atoms. The molecule has 0 radical (unpaired) electrons. The first-order chi connectivity index (χ1) is 14.8. The van der Waals surface area contributed by atoms with Crippen LogP contribution in [-0.4, -0.2) is 35.5 Å². The van der Waals surface area contributed by atoms with Crippen molar-refractivity contribution < 1.29 is 4.79 Å². The number of hydrogen-bond acceptors (Lipinski definition) is 6. The van der Waals surface area contributed by atoms with Crippen molar-refractivity contribution in [3.63, 3.8) is 0 Å². The molecule has 1 aliphatic carbocycles. The van der Waals surface area contributed by atoms with E-state index in [2.05, 4.69) is 27.1 Å². The second kappa shape index (κ2) is 8.21. The van der Waals surface area contributed by atoms with Crippen molar-refractivity contribution in [2.45, 2.75) is 52.5 Å². The number of aryl methyl sites for hydroxylation is 1. The SMILES string of the molecule is C=CNc1cc(Nc2ncc3c(n2)N(C2CCCC2)CC(C)(C)C(=O)N3C)ccc1C. The van der Waals surface area contributed by atoms with Crippen LogP contribution >= 0.6 is 0 Å². The van der Waals surface area contributed by atoms with E-state index in [0.29, 0.717) is 18.5 Å². The van der Waals surface area contributed by atoms with Gasteiger partial charge in [0.15, 0.2) is 5.82 Å². The van der Waals surface area contributed by atoms with E-state index in [4.69, 9.17) is 4.98 Å². The first kappa shape index (κ1) is 21.2. The number of anilines is 5. The van der Waals surface area contributed by atoms with Gasteiger partial charge in [-0.3, -0.25) is 4.79 Å². The van der Waals surface area contributed by atoms with E-state index >= 15 is 0 Å². The zero-order valence-corrected chi connectivity index (χ0v) is 18.9. The van der Waals surface area contributed by atoms with Crippen LogP contribution in [0, 0.1) is 12.3 Å². The van der Waals surface area contributed by atoms with Crippen molar-refractivity contribution in [2.75, 3.05) is 34.0 Å². The molecule has 7 nitrogen and oxygen atoms in total. The third-order valence-corrected chi connectivity index (χ3v) is 6.35. The summed E-state index contributed by atoms with van der Waals surface area (Å²) >= 11 is 0. The standard InChI is InChI=1S/C24H32N6O/c1-6-25-19-13-17(12-11-16(19)2)27-23-26-14-20-21(28-23)30(18-9-7-8-10-18)15-24(3,4)22(31)29(20)5/h6,11-14,18,25H,1,7-10,15H2,2-5H3,(H,26,27,28). The molecule has 1 aromatic heterocycles. The molecule has 0 atom stereocenters. The minimum absolute atomic E-state index is 0.0947. The molecule has 31 heavy (non-hydrogen) atoms. The lowest BCUT2D eigenvalue weighted by molar-refractivity contribution is -0.125. The fraction of sp³-hybridized carbons (Fsp3) is 0.458. The first-order valence-electron chi connectivity index (χ1n) is 11.0. The summed E-state index contributed by atoms with van der Waals surface area (Å²) in [6.07, 6.45) is 8.14. The van der Waals surface area contributed by atoms with Gasteiger partial charge < -0.3 is 20.4 Å². The molecule has 1 saturated carbocycles. The van der Waals surface area contributed by atoms with Crippen molar-refractivity contribution in [3.05, 3.63) is 42.7 Å². The summed E-state index contributed by atoms with van der Waals surface area (Å²) in [5, 5.41) is 6.49. The summed E-state index contributed by atoms with van der Waals surface area (Å²) in [5.74, 6) is 1.45. The molecule has 1 amide bonds. The maximum absolute atomic E-state index is 13.1. The average Bonchev–Trinajstić information content (AvgIpc) is 3.26. The van der Waals surface area contributed by atoms with Gasteiger partial charge in [-0.25, -0.2) is 4.98 Å². The lowest BCUT2D eigenvalue weighted by Crippen LogP contribution is -2.45. The van der Waals surface area contributed by atoms with Crippen LogP contribution in [0.4, 0.5) is 28.8 Å². The monoisotopic (exact) mass is 420 g/mol. The highest BCUT2D eigenvalue weighted by molar-refractivity contribution is 6.00. The van der Waals surface area contributed by atoms with E-state index in [9.17, 15) is 4.79 Å². The van der Waals surface area contributed by atoms with Crippen LogP contribution in [-0.2, 0) is 4.79 Å². The van der Waals surface area contributed by atoms with Crippen molar-refractivity contribution in [3.8, 4) is 0 Å². The van der Waals surface area contributed by atoms with Gasteiger partial charge in [0.2, 0.25) is 11.9 Å². The van der Waals surface area contributed by atoms with E-state index in [0.717, 1.165) is 41.3 Å². The Labute approximate surface area is 184 Å². The summed E-state index contributed by atoms with van der Waals surface area (Å²) < 4.78 is 0. The summed E-state index contributed by atoms with van der Waals surface area (Å²) in [6.45, 7) is 10.5. The van der Waals surface area contributed by atoms with Crippen molar-refractivity contribution in [2.24, 2.45) is 5.41 Å². The fourth-order valence-corrected chi connectivity index (χ4v) is 4.62. The molecule has 4 rings (SSSR count). The smallest absolute Gasteiger partial charge is 0.234 e. The molecule has 164 valence electrons. The quantitative estimate of drug-likeness (QED) is 0.721. The van der Waals surface area contributed by atoms with Crippen LogP contribution < -0.4 is 20.4 Å². The molecule has 1 fully saturated rings. The predicted octanol–water partition coefficient (Wildman–Crippen LogP) is 4.84. The Morgan fingerprint density at radius 3 is 2.71 bits per heavy atom. The van der Waals surface area contributed by atoms with Gasteiger partial charge in [-0.05, 0) is 57.5 Å². The molecule has 0 unspecified atom stereocenters. The zero-order valence-electron chi connectivity index (χ0n) is 18.9. The molecular weight excluding hydrogens is 388 g/mol. The highest BCUT2D eigenvalue weighted by Crippen LogP contribution is 2.40. The molecular formula is C24H32N6O. The Bertz CT molecular complexity index is 996. The molecule has 2 aromatic rings. The number of aromatic nitrogens is 2. The van der Waals surface area contributed by atoms with Crippen LogP contribution in [0.2, 0.25) is 0 Å². The Morgan fingerprint density at radius 2 is 2.00 bits per heavy atom. The van der Waals surface area contributed by atoms with Gasteiger partial charge in [-0.15, -0.1) is 0 Å². The molecule has 7 heteroatoms. The third kappa shape index (κ3) is 4.09. The summed E-state index contributed by atoms with van der Waals surface area (Å²) in [5.41, 5.74) is 3.28. The molecule has 0 saturated heterocycles. The number of fused-ring (bicyclic) bond motifs is 1. The number of benzene rings is 1. The zero-order chi connectivity index (χ0) is 22.2. The van der Waals surface area contributed by atoms with Crippen molar-refractivity contribution in [1.29, 1.82) is 0 Å². The van der Waals surface area contributed by atoms with Gasteiger partial charge in [0.05, 0.1) is 11.6 Å². The van der Waals surface area contributed by atoms with Crippen LogP contribution in [0.3, 0.4) is 0 Å². The second-order valence-corrected chi connectivity index (χ2v) is 9.22. The van der Waals surface area contributed by atoms with Gasteiger partial charge in [0, 0.05) is 31.0 Å². The Morgan fingerprint density at radius 1 is 1.26 bits per heavy atom. The maximum Gasteiger partial charge on any atom is 0.234 e. The lowest BCUT2D eigenvalue weighted by atomic mass is 9.91. The van der Waals surface area contributed by atoms with Crippen LogP contribution in [0.5, 0.6) is 0 Å². The van der Waals surface area contributed by atoms with Crippen molar-refractivity contribution in [1.82, 2.24) is 9.97 Å². The first-order valence-corrected chi connectivity index (χ1v) is 11.0. The highest BCUT2D eigenvalue weighted by atomic mass is 16.2. The van der Waals surface area contributed by atoms with Gasteiger partial charge in [-0.2, -0.15) is 4.98 Å². The number of amides is 1. The molecule has 2 aliphatic rings. The summed E-state index contributed by atoms with van der Waals surface area (Å²) in [7, 11) is 1.82. The summed E-state index contributed by atoms with van der Waals surface area (Å²) in [6, 6.07) is 6.46. The topological polar surface area (TPSA) is 73.4 Å². The van der Waals surface area contributed by atoms with E-state index in [1.807, 2.05) is 46.0 Å². The van der Waals surface area contributed by atoms with Crippen LogP contribution in [0.15, 0.2) is 37.2 Å². The number of rotatable bonds is 5. The van der Waals surface area contributed by atoms with Gasteiger partial charge in [0.1, 0.15) is 5.69 Å². The normalized spacial score (nSPS) is 18.5. The Balaban J connectivity index is 1.72. The number of hydrogen-bond donors (Lipinski definition) is 2. The number of carbonyl (C=O) groups excluding carboxylic acids is 1. The minimum Gasteiger partial charge on any atom is -0.362 e. The summed E-state index contributed by atoms with van der Waals surface area (Å²) in [4.78, 5) is 26.6. The predicted molar refractivity (Wildman–Crippen MR) is 127 cm³/mol. The van der Waals surface area contributed by atoms with Gasteiger partial charge in [0.25, 0.3) is 0 Å². The molecule has 2 N–H and O–H groups in total. The van der Waals surface area contributed by atoms with E-state index in [-0.39, 0.29) is 5.91 Å². The number of carbonyl (C=O) groups is 1. The second-order valence-electron chi connectivity index (χ2n) is 9.22. The lowest BCUT2D eigenvalue weighted by Gasteiger charge is -2.34. The molecule has 2 heterocycles. The van der Waals surface area contributed by atoms with Gasteiger partial charge in [-0.1, -0.05) is 25.5 Å². The van der Waals surface area contributed by atoms with Gasteiger partial charge >= 0.3 is 0 Å². The number of nitrogens with zero attached hydrogens (tertiary/aromatic N) is 4. The Kier molecular flexibility index (Phi) is 5.60. The minimum atomic E-state index is -0.492. The molecule has 0 bridgehead atoms. The fourth-order valence-electron chi connectivity index (χ4n) is 4.62.